The summed E-state index contributed by atoms with van der Waals surface area (Å²) in [5.41, 5.74) is 4.40. The van der Waals surface area contributed by atoms with Gasteiger partial charge in [-0.2, -0.15) is 5.26 Å². The zero-order valence-corrected chi connectivity index (χ0v) is 25.1. The number of anilines is 3. The van der Waals surface area contributed by atoms with E-state index in [1.165, 1.54) is 6.20 Å². The molecule has 0 aliphatic carbocycles. The van der Waals surface area contributed by atoms with Gasteiger partial charge in [0, 0.05) is 41.7 Å². The second-order valence-corrected chi connectivity index (χ2v) is 10.8. The standard InChI is InChI=1S/C33H33ClN6O3/c1-4-42-31-17-27-25(16-28(31)39-32(41)14-21(2)29-9-7-13-40(29)3)33(22(18-35)19-37-27)38-23-10-11-30(26(34)15-23)43-20-24-8-5-6-12-36-24/h5-6,8,10-12,14-17,19,29H,4,7,9,13,20H2,1-3H3,(H,37,38)(H,39,41)/b21-14+. The molecule has 5 rings (SSSR count). The number of likely N-dealkylation sites (tertiary alicyclic amines) is 1. The van der Waals surface area contributed by atoms with Gasteiger partial charge < -0.3 is 20.1 Å². The molecule has 1 aliphatic rings. The second-order valence-electron chi connectivity index (χ2n) is 10.4. The lowest BCUT2D eigenvalue weighted by Crippen LogP contribution is -2.26. The minimum Gasteiger partial charge on any atom is -0.492 e. The van der Waals surface area contributed by atoms with E-state index >= 15 is 0 Å². The van der Waals surface area contributed by atoms with Crippen LogP contribution >= 0.6 is 11.6 Å². The van der Waals surface area contributed by atoms with Crippen molar-refractivity contribution in [3.8, 4) is 17.6 Å². The van der Waals surface area contributed by atoms with Gasteiger partial charge in [-0.3, -0.25) is 19.7 Å². The molecule has 0 saturated carbocycles. The van der Waals surface area contributed by atoms with E-state index in [2.05, 4.69) is 38.6 Å². The molecule has 1 saturated heterocycles. The monoisotopic (exact) mass is 596 g/mol. The first-order chi connectivity index (χ1) is 20.9. The Kier molecular flexibility index (Phi) is 9.40. The number of hydrogen-bond donors (Lipinski definition) is 2. The van der Waals surface area contributed by atoms with Crippen LogP contribution in [-0.4, -0.2) is 47.0 Å². The summed E-state index contributed by atoms with van der Waals surface area (Å²) in [4.78, 5) is 24.1. The van der Waals surface area contributed by atoms with Crippen molar-refractivity contribution in [1.29, 1.82) is 5.26 Å². The summed E-state index contributed by atoms with van der Waals surface area (Å²) in [6.45, 7) is 5.57. The number of nitrogens with zero attached hydrogens (tertiary/aromatic N) is 4. The Morgan fingerprint density at radius 1 is 1.19 bits per heavy atom. The molecule has 3 heterocycles. The van der Waals surface area contributed by atoms with Crippen molar-refractivity contribution in [3.05, 3.63) is 88.9 Å². The highest BCUT2D eigenvalue weighted by Crippen LogP contribution is 2.37. The molecule has 43 heavy (non-hydrogen) atoms. The molecule has 1 atom stereocenters. The largest absolute Gasteiger partial charge is 0.492 e. The van der Waals surface area contributed by atoms with Crippen LogP contribution in [0.2, 0.25) is 5.02 Å². The van der Waals surface area contributed by atoms with Gasteiger partial charge >= 0.3 is 0 Å². The molecule has 0 spiro atoms. The number of carbonyl (C=O) groups excluding carboxylic acids is 1. The SMILES string of the molecule is CCOc1cc2ncc(C#N)c(Nc3ccc(OCc4ccccn4)c(Cl)c3)c2cc1NC(=O)/C=C(\C)C1CCCN1C. The van der Waals surface area contributed by atoms with E-state index in [0.29, 0.717) is 56.7 Å². The Hall–Kier alpha value is -4.65. The molecule has 0 radical (unpaired) electrons. The Labute approximate surface area is 256 Å². The maximum atomic E-state index is 13.1. The molecule has 220 valence electrons. The fourth-order valence-corrected chi connectivity index (χ4v) is 5.48. The predicted octanol–water partition coefficient (Wildman–Crippen LogP) is 6.86. The average Bonchev–Trinajstić information content (AvgIpc) is 3.44. The Morgan fingerprint density at radius 3 is 2.74 bits per heavy atom. The minimum atomic E-state index is -0.245. The maximum Gasteiger partial charge on any atom is 0.248 e. The highest BCUT2D eigenvalue weighted by molar-refractivity contribution is 6.32. The zero-order chi connectivity index (χ0) is 30.3. The van der Waals surface area contributed by atoms with Crippen LogP contribution in [0.5, 0.6) is 11.5 Å². The van der Waals surface area contributed by atoms with Gasteiger partial charge in [0.25, 0.3) is 0 Å². The molecule has 0 bridgehead atoms. The van der Waals surface area contributed by atoms with Gasteiger partial charge in [0.05, 0.1) is 39.8 Å². The average molecular weight is 597 g/mol. The van der Waals surface area contributed by atoms with Crippen molar-refractivity contribution in [1.82, 2.24) is 14.9 Å². The number of hydrogen-bond acceptors (Lipinski definition) is 8. The molecule has 1 unspecified atom stereocenters. The fourth-order valence-electron chi connectivity index (χ4n) is 5.24. The van der Waals surface area contributed by atoms with Gasteiger partial charge in [-0.05, 0) is 76.7 Å². The molecule has 9 nitrogen and oxygen atoms in total. The van der Waals surface area contributed by atoms with Crippen molar-refractivity contribution >= 4 is 45.5 Å². The molecule has 1 fully saturated rings. The first-order valence-electron chi connectivity index (χ1n) is 14.1. The Bertz CT molecular complexity index is 1700. The molecule has 1 amide bonds. The summed E-state index contributed by atoms with van der Waals surface area (Å²) in [7, 11) is 2.08. The molecule has 2 N–H and O–H groups in total. The first-order valence-corrected chi connectivity index (χ1v) is 14.5. The minimum absolute atomic E-state index is 0.245. The van der Waals surface area contributed by atoms with Crippen LogP contribution in [-0.2, 0) is 11.4 Å². The summed E-state index contributed by atoms with van der Waals surface area (Å²) in [5, 5.41) is 17.3. The van der Waals surface area contributed by atoms with E-state index in [1.54, 1.807) is 36.5 Å². The summed E-state index contributed by atoms with van der Waals surface area (Å²) in [6.07, 6.45) is 7.01. The van der Waals surface area contributed by atoms with E-state index < -0.39 is 0 Å². The number of amides is 1. The van der Waals surface area contributed by atoms with Crippen LogP contribution in [0.1, 0.15) is 37.9 Å². The van der Waals surface area contributed by atoms with Crippen molar-refractivity contribution in [3.63, 3.8) is 0 Å². The third-order valence-corrected chi connectivity index (χ3v) is 7.65. The number of fused-ring (bicyclic) bond motifs is 1. The van der Waals surface area contributed by atoms with Gasteiger partial charge in [-0.15, -0.1) is 0 Å². The highest BCUT2D eigenvalue weighted by Gasteiger charge is 2.23. The lowest BCUT2D eigenvalue weighted by molar-refractivity contribution is -0.112. The number of likely N-dealkylation sites (N-methyl/N-ethyl adjacent to an activating group) is 1. The van der Waals surface area contributed by atoms with Gasteiger partial charge in [-0.25, -0.2) is 0 Å². The van der Waals surface area contributed by atoms with Gasteiger partial charge in [0.1, 0.15) is 24.2 Å². The summed E-state index contributed by atoms with van der Waals surface area (Å²) < 4.78 is 11.7. The molecule has 1 aliphatic heterocycles. The Morgan fingerprint density at radius 2 is 2.05 bits per heavy atom. The number of benzene rings is 2. The lowest BCUT2D eigenvalue weighted by Gasteiger charge is -2.20. The molecular weight excluding hydrogens is 564 g/mol. The number of nitrogens with one attached hydrogen (secondary N) is 2. The number of carbonyl (C=O) groups is 1. The van der Waals surface area contributed by atoms with Crippen molar-refractivity contribution < 1.29 is 14.3 Å². The fraction of sp³-hybridized carbons (Fsp3) is 0.273. The predicted molar refractivity (Wildman–Crippen MR) is 169 cm³/mol. The van der Waals surface area contributed by atoms with Gasteiger partial charge in [0.2, 0.25) is 5.91 Å². The van der Waals surface area contributed by atoms with E-state index in [0.717, 1.165) is 30.7 Å². The molecular formula is C33H33ClN6O3. The Balaban J connectivity index is 1.44. The topological polar surface area (TPSA) is 112 Å². The summed E-state index contributed by atoms with van der Waals surface area (Å²) in [5.74, 6) is 0.759. The van der Waals surface area contributed by atoms with Crippen LogP contribution in [0.25, 0.3) is 10.9 Å². The van der Waals surface area contributed by atoms with Crippen LogP contribution in [0.15, 0.2) is 72.6 Å². The number of pyridine rings is 2. The van der Waals surface area contributed by atoms with Crippen LogP contribution in [0.4, 0.5) is 17.1 Å². The van der Waals surface area contributed by atoms with Crippen LogP contribution in [0, 0.1) is 11.3 Å². The number of nitriles is 1. The lowest BCUT2D eigenvalue weighted by atomic mass is 10.1. The van der Waals surface area contributed by atoms with E-state index in [-0.39, 0.29) is 18.6 Å². The zero-order valence-electron chi connectivity index (χ0n) is 24.4. The number of ether oxygens (including phenoxy) is 2. The maximum absolute atomic E-state index is 13.1. The van der Waals surface area contributed by atoms with E-state index in [4.69, 9.17) is 21.1 Å². The highest BCUT2D eigenvalue weighted by atomic mass is 35.5. The summed E-state index contributed by atoms with van der Waals surface area (Å²) >= 11 is 6.55. The van der Waals surface area contributed by atoms with Crippen LogP contribution in [0.3, 0.4) is 0 Å². The van der Waals surface area contributed by atoms with Gasteiger partial charge in [0.15, 0.2) is 0 Å². The van der Waals surface area contributed by atoms with Crippen molar-refractivity contribution in [2.75, 3.05) is 30.8 Å². The third kappa shape index (κ3) is 7.05. The normalized spacial score (nSPS) is 15.2. The molecule has 2 aromatic carbocycles. The van der Waals surface area contributed by atoms with Gasteiger partial charge in [-0.1, -0.05) is 23.2 Å². The molecule has 2 aromatic heterocycles. The van der Waals surface area contributed by atoms with E-state index in [1.807, 2.05) is 38.1 Å². The third-order valence-electron chi connectivity index (χ3n) is 7.36. The first kappa shape index (κ1) is 29.8. The second kappa shape index (κ2) is 13.6. The van der Waals surface area contributed by atoms with Crippen LogP contribution < -0.4 is 20.1 Å². The van der Waals surface area contributed by atoms with E-state index in [9.17, 15) is 10.1 Å². The summed E-state index contributed by atoms with van der Waals surface area (Å²) in [6, 6.07) is 16.9. The molecule has 4 aromatic rings. The van der Waals surface area contributed by atoms with Crippen molar-refractivity contribution in [2.45, 2.75) is 39.3 Å². The van der Waals surface area contributed by atoms with Crippen molar-refractivity contribution in [2.24, 2.45) is 0 Å². The number of halogens is 1. The molecule has 10 heteroatoms. The quantitative estimate of drug-likeness (QED) is 0.191. The smallest absolute Gasteiger partial charge is 0.248 e. The number of rotatable bonds is 10. The number of aromatic nitrogens is 2.